The van der Waals surface area contributed by atoms with Gasteiger partial charge in [-0.2, -0.15) is 0 Å². The topological polar surface area (TPSA) is 105 Å². The summed E-state index contributed by atoms with van der Waals surface area (Å²) in [5.41, 5.74) is -0.843. The molecule has 10 heteroatoms. The summed E-state index contributed by atoms with van der Waals surface area (Å²) in [6.07, 6.45) is -0.845. The van der Waals surface area contributed by atoms with Crippen molar-refractivity contribution in [2.45, 2.75) is 38.8 Å². The molecule has 0 aromatic heterocycles. The molecular weight excluding hydrogens is 381 g/mol. The van der Waals surface area contributed by atoms with Gasteiger partial charge in [-0.1, -0.05) is 18.5 Å². The third-order valence-electron chi connectivity index (χ3n) is 4.20. The maximum Gasteiger partial charge on any atom is 0.327 e. The molecule has 8 nitrogen and oxygen atoms in total. The van der Waals surface area contributed by atoms with Crippen LogP contribution >= 0.6 is 11.6 Å². The van der Waals surface area contributed by atoms with Crippen molar-refractivity contribution in [1.29, 1.82) is 0 Å². The zero-order valence-corrected chi connectivity index (χ0v) is 15.7. The van der Waals surface area contributed by atoms with Crippen LogP contribution in [-0.2, 0) is 19.1 Å². The van der Waals surface area contributed by atoms with E-state index in [-0.39, 0.29) is 10.7 Å². The SMILES string of the molecule is CC[C@]1(C)NC(=O)N(CC(=O)O[C@@H](C)C(=O)Nc2ccc(F)c(Cl)c2)C1=O. The molecule has 1 saturated heterocycles. The number of imide groups is 1. The first-order valence-electron chi connectivity index (χ1n) is 8.17. The molecule has 0 saturated carbocycles. The lowest BCUT2D eigenvalue weighted by Crippen LogP contribution is -2.44. The normalized spacial score (nSPS) is 20.3. The van der Waals surface area contributed by atoms with Gasteiger partial charge in [-0.3, -0.25) is 19.3 Å². The number of carbonyl (C=O) groups is 4. The number of urea groups is 1. The molecule has 2 N–H and O–H groups in total. The lowest BCUT2D eigenvalue weighted by molar-refractivity contribution is -0.155. The van der Waals surface area contributed by atoms with Crippen LogP contribution in [0.25, 0.3) is 0 Å². The molecule has 0 bridgehead atoms. The highest BCUT2D eigenvalue weighted by Gasteiger charge is 2.47. The van der Waals surface area contributed by atoms with E-state index in [9.17, 15) is 23.6 Å². The highest BCUT2D eigenvalue weighted by atomic mass is 35.5. The predicted octanol–water partition coefficient (Wildman–Crippen LogP) is 2.07. The summed E-state index contributed by atoms with van der Waals surface area (Å²) in [5.74, 6) is -2.77. The molecule has 0 radical (unpaired) electrons. The molecule has 1 aromatic carbocycles. The summed E-state index contributed by atoms with van der Waals surface area (Å²) in [6, 6.07) is 2.89. The molecule has 0 unspecified atom stereocenters. The van der Waals surface area contributed by atoms with Gasteiger partial charge in [0.25, 0.3) is 11.8 Å². The van der Waals surface area contributed by atoms with E-state index in [4.69, 9.17) is 16.3 Å². The van der Waals surface area contributed by atoms with Crippen LogP contribution in [-0.4, -0.2) is 46.9 Å². The van der Waals surface area contributed by atoms with E-state index in [0.29, 0.717) is 6.42 Å². The van der Waals surface area contributed by atoms with E-state index in [1.165, 1.54) is 19.1 Å². The van der Waals surface area contributed by atoms with Crippen molar-refractivity contribution < 1.29 is 28.3 Å². The van der Waals surface area contributed by atoms with Crippen molar-refractivity contribution in [3.8, 4) is 0 Å². The number of rotatable bonds is 6. The fourth-order valence-electron chi connectivity index (χ4n) is 2.37. The number of nitrogens with zero attached hydrogens (tertiary/aromatic N) is 1. The first-order chi connectivity index (χ1) is 12.6. The average molecular weight is 400 g/mol. The van der Waals surface area contributed by atoms with Crippen LogP contribution in [0.5, 0.6) is 0 Å². The molecule has 1 fully saturated rings. The molecule has 1 heterocycles. The Bertz CT molecular complexity index is 803. The highest BCUT2D eigenvalue weighted by molar-refractivity contribution is 6.31. The number of esters is 1. The molecule has 0 aliphatic carbocycles. The fraction of sp³-hybridized carbons (Fsp3) is 0.412. The Hall–Kier alpha value is -2.68. The van der Waals surface area contributed by atoms with Gasteiger partial charge in [0.05, 0.1) is 5.02 Å². The minimum Gasteiger partial charge on any atom is -0.451 e. The summed E-state index contributed by atoms with van der Waals surface area (Å²) in [4.78, 5) is 48.9. The second-order valence-corrected chi connectivity index (χ2v) is 6.66. The Balaban J connectivity index is 1.93. The van der Waals surface area contributed by atoms with Gasteiger partial charge in [0, 0.05) is 5.69 Å². The number of hydrogen-bond acceptors (Lipinski definition) is 5. The molecule has 4 amide bonds. The number of nitrogens with one attached hydrogen (secondary N) is 2. The predicted molar refractivity (Wildman–Crippen MR) is 94.5 cm³/mol. The fourth-order valence-corrected chi connectivity index (χ4v) is 2.55. The number of benzene rings is 1. The number of anilines is 1. The van der Waals surface area contributed by atoms with Gasteiger partial charge in [0.15, 0.2) is 6.10 Å². The smallest absolute Gasteiger partial charge is 0.327 e. The molecule has 146 valence electrons. The Kier molecular flexibility index (Phi) is 6.04. The monoisotopic (exact) mass is 399 g/mol. The zero-order chi connectivity index (χ0) is 20.4. The summed E-state index contributed by atoms with van der Waals surface area (Å²) >= 11 is 5.63. The zero-order valence-electron chi connectivity index (χ0n) is 15.0. The van der Waals surface area contributed by atoms with E-state index in [1.807, 2.05) is 0 Å². The molecule has 0 spiro atoms. The quantitative estimate of drug-likeness (QED) is 0.562. The van der Waals surface area contributed by atoms with Crippen molar-refractivity contribution >= 4 is 41.1 Å². The van der Waals surface area contributed by atoms with Crippen LogP contribution in [0, 0.1) is 5.82 Å². The van der Waals surface area contributed by atoms with Gasteiger partial charge in [0.2, 0.25) is 0 Å². The molecule has 1 aromatic rings. The third-order valence-corrected chi connectivity index (χ3v) is 4.49. The number of hydrogen-bond donors (Lipinski definition) is 2. The van der Waals surface area contributed by atoms with E-state index in [1.54, 1.807) is 13.8 Å². The van der Waals surface area contributed by atoms with Crippen molar-refractivity contribution in [2.75, 3.05) is 11.9 Å². The Morgan fingerprint density at radius 3 is 2.63 bits per heavy atom. The lowest BCUT2D eigenvalue weighted by Gasteiger charge is -2.19. The molecule has 2 rings (SSSR count). The van der Waals surface area contributed by atoms with Gasteiger partial charge in [-0.25, -0.2) is 9.18 Å². The van der Waals surface area contributed by atoms with E-state index < -0.39 is 47.8 Å². The third kappa shape index (κ3) is 4.54. The number of amides is 4. The summed E-state index contributed by atoms with van der Waals surface area (Å²) < 4.78 is 18.1. The van der Waals surface area contributed by atoms with Crippen molar-refractivity contribution in [1.82, 2.24) is 10.2 Å². The largest absolute Gasteiger partial charge is 0.451 e. The van der Waals surface area contributed by atoms with Crippen LogP contribution < -0.4 is 10.6 Å². The summed E-state index contributed by atoms with van der Waals surface area (Å²) in [6.45, 7) is 4.00. The Morgan fingerprint density at radius 1 is 1.41 bits per heavy atom. The van der Waals surface area contributed by atoms with Gasteiger partial charge in [0.1, 0.15) is 17.9 Å². The molecule has 1 aliphatic heterocycles. The minimum atomic E-state index is -1.21. The average Bonchev–Trinajstić information content (AvgIpc) is 2.82. The maximum atomic E-state index is 13.1. The molecule has 1 aliphatic rings. The summed E-state index contributed by atoms with van der Waals surface area (Å²) in [7, 11) is 0. The van der Waals surface area contributed by atoms with Crippen molar-refractivity contribution in [3.63, 3.8) is 0 Å². The van der Waals surface area contributed by atoms with E-state index in [2.05, 4.69) is 10.6 Å². The Labute approximate surface area is 160 Å². The summed E-state index contributed by atoms with van der Waals surface area (Å²) in [5, 5.41) is 4.76. The van der Waals surface area contributed by atoms with Crippen LogP contribution in [0.15, 0.2) is 18.2 Å². The highest BCUT2D eigenvalue weighted by Crippen LogP contribution is 2.21. The number of halogens is 2. The lowest BCUT2D eigenvalue weighted by atomic mass is 9.99. The van der Waals surface area contributed by atoms with Crippen LogP contribution in [0.3, 0.4) is 0 Å². The second-order valence-electron chi connectivity index (χ2n) is 6.26. The van der Waals surface area contributed by atoms with E-state index >= 15 is 0 Å². The standard InChI is InChI=1S/C17H19ClFN3O5/c1-4-17(3)15(25)22(16(26)21-17)8-13(23)27-9(2)14(24)20-10-5-6-12(19)11(18)7-10/h5-7,9H,4,8H2,1-3H3,(H,20,24)(H,21,26)/t9-,17-/m0/s1. The van der Waals surface area contributed by atoms with Crippen LogP contribution in [0.1, 0.15) is 27.2 Å². The minimum absolute atomic E-state index is 0.171. The molecule has 27 heavy (non-hydrogen) atoms. The van der Waals surface area contributed by atoms with Gasteiger partial charge in [-0.15, -0.1) is 0 Å². The van der Waals surface area contributed by atoms with Gasteiger partial charge in [-0.05, 0) is 38.5 Å². The molecular formula is C17H19ClFN3O5. The number of carbonyl (C=O) groups excluding carboxylic acids is 4. The van der Waals surface area contributed by atoms with Gasteiger partial charge >= 0.3 is 12.0 Å². The van der Waals surface area contributed by atoms with Crippen LogP contribution in [0.4, 0.5) is 14.9 Å². The first kappa shape index (κ1) is 20.6. The van der Waals surface area contributed by atoms with E-state index in [0.717, 1.165) is 11.0 Å². The van der Waals surface area contributed by atoms with Crippen molar-refractivity contribution in [3.05, 3.63) is 29.0 Å². The number of ether oxygens (including phenoxy) is 1. The molecule has 2 atom stereocenters. The second kappa shape index (κ2) is 7.91. The van der Waals surface area contributed by atoms with Crippen molar-refractivity contribution in [2.24, 2.45) is 0 Å². The maximum absolute atomic E-state index is 13.1. The Morgan fingerprint density at radius 2 is 2.07 bits per heavy atom. The first-order valence-corrected chi connectivity index (χ1v) is 8.54. The van der Waals surface area contributed by atoms with Crippen LogP contribution in [0.2, 0.25) is 5.02 Å². The van der Waals surface area contributed by atoms with Gasteiger partial charge < -0.3 is 15.4 Å².